The molecule has 0 unspecified atom stereocenters. The standard InChI is InChI=1S/C26H27N5O2.C20H20N2O3S.C13H11ClN2O.C13H15N3O2.C13H14N2O.4CH4.B.Na.H/c27-16-18-4-6-23-22(13-18)19(17-29-23)3-1-2-8-30-9-11-31(12-10-30)21-5-7-24-20(14-21)15-25(33-24)26(28)32;1-15-5-8-18(9-6-15)26(23,24)25-11-3-2-4-17-14-22-20-10-7-16(13-21)12-19(17)20;14-5-1-2-13(17)11-8-16-12-4-3-9(7-15)6-10(11)12;14-13(17)12-8-9-7-10(1-2-11(9)18-12)16-5-3-15-4-6-16;14-8-10-4-5-13-12(7-10)11(9-15-13)3-1-2-6-16;;;;;;;/h4-7,13-15,17,29H,1-3,8-12H2,(H2,28,32);5-10,12,14,22H,2-4,11H2,1H3;3-4,6,8,16H,1-2,5H2;1-2,7-8,15H,3-6H2,(H2,14,17);4-5,7,9,15-16H,1-3,6H2;4*1H4;;;/q;;;;;;;;;;+1;-1. The van der Waals surface area contributed by atoms with Gasteiger partial charge >= 0.3 is 29.6 Å². The third-order valence-corrected chi connectivity index (χ3v) is 21.1. The summed E-state index contributed by atoms with van der Waals surface area (Å²) in [5.74, 6) is -0.121. The average Bonchev–Trinajstić information content (AvgIpc) is 1.67. The molecule has 0 atom stereocenters. The second kappa shape index (κ2) is 46.6. The van der Waals surface area contributed by atoms with E-state index in [-0.39, 0.29) is 105 Å². The van der Waals surface area contributed by atoms with Gasteiger partial charge < -0.3 is 61.9 Å². The Labute approximate surface area is 710 Å². The molecule has 8 heterocycles. The van der Waals surface area contributed by atoms with Crippen LogP contribution in [0.15, 0.2) is 184 Å². The Kier molecular flexibility index (Phi) is 38.4. The van der Waals surface area contributed by atoms with Gasteiger partial charge in [-0.3, -0.25) is 23.5 Å². The number of carbonyl (C=O) groups excluding carboxylic acids is 3. The van der Waals surface area contributed by atoms with Crippen LogP contribution in [0.1, 0.15) is 158 Å². The van der Waals surface area contributed by atoms with Gasteiger partial charge in [-0.05, 0) is 228 Å². The number of ketones is 1. The zero-order valence-corrected chi connectivity index (χ0v) is 66.4. The minimum atomic E-state index is -3.70. The van der Waals surface area contributed by atoms with Crippen LogP contribution >= 0.6 is 11.6 Å². The maximum Gasteiger partial charge on any atom is 1.00 e. The Hall–Kier alpha value is -10.9. The molecule has 10 N–H and O–H groups in total. The molecule has 23 nitrogen and oxygen atoms in total. The molecule has 0 aliphatic carbocycles. The number of amides is 2. The first kappa shape index (κ1) is 95.7. The maximum absolute atomic E-state index is 12.1. The van der Waals surface area contributed by atoms with Crippen LogP contribution in [0.5, 0.6) is 0 Å². The number of alkyl halides is 1. The molecule has 0 spiro atoms. The van der Waals surface area contributed by atoms with E-state index < -0.39 is 21.9 Å². The molecule has 15 rings (SSSR count). The molecule has 2 aliphatic heterocycles. The first-order chi connectivity index (χ1) is 53.4. The largest absolute Gasteiger partial charge is 1.00 e. The van der Waals surface area contributed by atoms with Gasteiger partial charge in [-0.2, -0.15) is 29.5 Å². The fourth-order valence-electron chi connectivity index (χ4n) is 13.4. The number of H-pyrrole nitrogens is 4. The van der Waals surface area contributed by atoms with Crippen molar-refractivity contribution < 1.29 is 71.9 Å². The SMILES string of the molecule is C.C.C.C.Cc1ccc(S(=O)(=O)OCCCCc2c[nH]c3ccc(C#N)cc23)cc1.N#Cc1ccc2[nH]cc(C(=O)CCCCl)c2c1.N#Cc1ccc2[nH]cc(CCCCN3CCN(c4ccc5oc(C(N)=O)cc5c4)CC3)c2c1.N#Cc1ccc2[nH]cc(CCCCO)c2c1.NC(=O)c1cc2cc(N3CCNCC3)ccc2o1.[B].[H-].[Na+]. The summed E-state index contributed by atoms with van der Waals surface area (Å²) < 4.78 is 40.2. The summed E-state index contributed by atoms with van der Waals surface area (Å²) in [5.41, 5.74) is 26.1. The molecule has 601 valence electrons. The Morgan fingerprint density at radius 2 is 0.940 bits per heavy atom. The zero-order chi connectivity index (χ0) is 77.5. The predicted octanol–water partition coefficient (Wildman–Crippen LogP) is 13.9. The molecule has 2 fully saturated rings. The number of aliphatic hydroxyl groups excluding tert-OH is 1. The van der Waals surface area contributed by atoms with Crippen molar-refractivity contribution >= 4 is 125 Å². The zero-order valence-electron chi connectivity index (χ0n) is 63.8. The number of halogens is 1. The Morgan fingerprint density at radius 3 is 1.37 bits per heavy atom. The molecule has 0 saturated carbocycles. The van der Waals surface area contributed by atoms with Gasteiger partial charge in [0, 0.05) is 176 Å². The number of unbranched alkanes of at least 4 members (excludes halogenated alkanes) is 3. The minimum absolute atomic E-state index is 0. The second-order valence-electron chi connectivity index (χ2n) is 27.0. The van der Waals surface area contributed by atoms with Gasteiger partial charge in [-0.25, -0.2) is 0 Å². The number of nitriles is 4. The number of rotatable bonds is 24. The number of aryl methyl sites for hydroxylation is 4. The van der Waals surface area contributed by atoms with E-state index in [0.29, 0.717) is 64.1 Å². The van der Waals surface area contributed by atoms with Crippen LogP contribution in [0.3, 0.4) is 0 Å². The van der Waals surface area contributed by atoms with E-state index in [9.17, 15) is 22.8 Å². The summed E-state index contributed by atoms with van der Waals surface area (Å²) in [6.45, 7) is 11.4. The average molecular weight is 1620 g/mol. The molecule has 0 bridgehead atoms. The molecule has 2 aliphatic rings. The summed E-state index contributed by atoms with van der Waals surface area (Å²) in [6, 6.07) is 52.9. The summed E-state index contributed by atoms with van der Waals surface area (Å²) in [4.78, 5) is 54.5. The van der Waals surface area contributed by atoms with Crippen molar-refractivity contribution in [2.75, 3.05) is 87.8 Å². The third kappa shape index (κ3) is 25.3. The van der Waals surface area contributed by atoms with Gasteiger partial charge in [0.2, 0.25) is 0 Å². The number of Topliss-reactive ketones (excluding diaryl/α,β-unsaturated/α-hetero) is 1. The van der Waals surface area contributed by atoms with Gasteiger partial charge in [0.25, 0.3) is 21.9 Å². The number of fused-ring (bicyclic) bond motifs is 6. The smallest absolute Gasteiger partial charge is 1.00 e. The summed E-state index contributed by atoms with van der Waals surface area (Å²) in [5, 5.41) is 53.9. The summed E-state index contributed by atoms with van der Waals surface area (Å²) in [6.07, 6.45) is 17.1. The van der Waals surface area contributed by atoms with Crippen LogP contribution < -0.4 is 56.1 Å². The van der Waals surface area contributed by atoms with Crippen LogP contribution in [-0.2, 0) is 33.6 Å². The number of piperazine rings is 2. The van der Waals surface area contributed by atoms with Gasteiger partial charge in [0.1, 0.15) is 11.2 Å². The van der Waals surface area contributed by atoms with Crippen molar-refractivity contribution in [3.8, 4) is 24.3 Å². The van der Waals surface area contributed by atoms with Crippen molar-refractivity contribution in [3.05, 3.63) is 232 Å². The number of primary amides is 2. The molecule has 2 saturated heterocycles. The number of furan rings is 2. The van der Waals surface area contributed by atoms with Crippen LogP contribution in [-0.4, -0.2) is 142 Å². The summed E-state index contributed by atoms with van der Waals surface area (Å²) >= 11 is 5.57. The number of carbonyl (C=O) groups is 3. The van der Waals surface area contributed by atoms with E-state index in [2.05, 4.69) is 76.5 Å². The number of nitrogens with two attached hydrogens (primary N) is 2. The number of hydrogen-bond donors (Lipinski definition) is 8. The molecule has 27 heteroatoms. The molecule has 13 aromatic rings. The number of benzene rings is 7. The number of aromatic amines is 4. The van der Waals surface area contributed by atoms with Crippen LogP contribution in [0, 0.1) is 52.2 Å². The maximum atomic E-state index is 12.1. The Morgan fingerprint density at radius 1 is 0.526 bits per heavy atom. The number of nitrogens with one attached hydrogen (secondary N) is 5. The number of aromatic nitrogens is 4. The van der Waals surface area contributed by atoms with Crippen molar-refractivity contribution in [1.29, 1.82) is 21.0 Å². The van der Waals surface area contributed by atoms with Crippen LogP contribution in [0.2, 0.25) is 0 Å². The number of aliphatic hydroxyl groups is 1. The molecular formula is C89H104BClN14NaO9S. The van der Waals surface area contributed by atoms with Gasteiger partial charge in [0.05, 0.1) is 58.0 Å². The van der Waals surface area contributed by atoms with Gasteiger partial charge in [0.15, 0.2) is 17.3 Å². The number of nitrogens with zero attached hydrogens (tertiary/aromatic N) is 7. The monoisotopic (exact) mass is 1610 g/mol. The third-order valence-electron chi connectivity index (χ3n) is 19.5. The van der Waals surface area contributed by atoms with E-state index in [4.69, 9.17) is 62.2 Å². The van der Waals surface area contributed by atoms with Crippen LogP contribution in [0.25, 0.3) is 65.6 Å². The van der Waals surface area contributed by atoms with Crippen molar-refractivity contribution in [1.82, 2.24) is 30.2 Å². The van der Waals surface area contributed by atoms with Crippen molar-refractivity contribution in [2.24, 2.45) is 11.5 Å². The fraction of sp³-hybridized carbons (Fsp3) is 0.315. The van der Waals surface area contributed by atoms with Crippen LogP contribution in [0.4, 0.5) is 11.4 Å². The first-order valence-electron chi connectivity index (χ1n) is 36.7. The number of anilines is 2. The molecule has 6 aromatic heterocycles. The molecule has 3 radical (unpaired) electrons. The molecule has 116 heavy (non-hydrogen) atoms. The van der Waals surface area contributed by atoms with E-state index in [1.54, 1.807) is 60.8 Å². The quantitative estimate of drug-likeness (QED) is 0.00916. The normalized spacial score (nSPS) is 12.2. The number of hydrogen-bond acceptors (Lipinski definition) is 17. The Balaban J connectivity index is 0.000000312. The van der Waals surface area contributed by atoms with E-state index in [1.165, 1.54) is 16.5 Å². The van der Waals surface area contributed by atoms with Crippen molar-refractivity contribution in [3.63, 3.8) is 0 Å². The second-order valence-corrected chi connectivity index (χ2v) is 29.0. The fourth-order valence-corrected chi connectivity index (χ4v) is 14.5. The van der Waals surface area contributed by atoms with Gasteiger partial charge in [-0.15, -0.1) is 11.6 Å². The minimum Gasteiger partial charge on any atom is -1.00 e. The predicted molar refractivity (Wildman–Crippen MR) is 464 cm³/mol. The van der Waals surface area contributed by atoms with E-state index in [0.717, 1.165) is 182 Å². The molecular weight excluding hydrogens is 1510 g/mol. The summed E-state index contributed by atoms with van der Waals surface area (Å²) in [7, 11) is -3.70. The topological polar surface area (TPSA) is 373 Å². The van der Waals surface area contributed by atoms with Crippen molar-refractivity contribution in [2.45, 2.75) is 112 Å². The molecule has 2 amide bonds. The molecule has 7 aromatic carbocycles. The first-order valence-corrected chi connectivity index (χ1v) is 38.7. The van der Waals surface area contributed by atoms with Gasteiger partial charge in [-0.1, -0.05) is 47.4 Å². The van der Waals surface area contributed by atoms with E-state index in [1.807, 2.05) is 104 Å². The Bertz CT molecular complexity index is 5680. The van der Waals surface area contributed by atoms with E-state index >= 15 is 0 Å².